The topological polar surface area (TPSA) is 6.48 Å². The first-order valence-corrected chi connectivity index (χ1v) is 4.69. The van der Waals surface area contributed by atoms with Crippen LogP contribution >= 0.6 is 24.4 Å². The fraction of sp³-hybridized carbons (Fsp3) is 0.667. The predicted octanol–water partition coefficient (Wildman–Crippen LogP) is -5.23. The summed E-state index contributed by atoms with van der Waals surface area (Å²) < 4.78 is 1.02. The molecule has 0 spiro atoms. The number of halogens is 2. The molecule has 0 aliphatic rings. The molecule has 0 aromatic heterocycles. The Kier molecular flexibility index (Phi) is 35.7. The fourth-order valence-corrected chi connectivity index (χ4v) is 0. The second kappa shape index (κ2) is 17.9. The van der Waals surface area contributed by atoms with Crippen molar-refractivity contribution in [3.8, 4) is 0 Å². The Balaban J connectivity index is -0.0000000370. The summed E-state index contributed by atoms with van der Waals surface area (Å²) in [5.74, 6) is 0. The predicted molar refractivity (Wildman–Crippen MR) is 67.3 cm³/mol. The monoisotopic (exact) mass is 450 g/mol. The van der Waals surface area contributed by atoms with Crippen LogP contribution in [0.15, 0.2) is 0 Å². The van der Waals surface area contributed by atoms with E-state index in [0.29, 0.717) is 8.64 Å². The number of nitrogens with zero attached hydrogens (tertiary/aromatic N) is 2. The summed E-state index contributed by atoms with van der Waals surface area (Å²) in [6, 6.07) is 0. The number of hydrogen-bond acceptors (Lipinski definition) is 4. The fourth-order valence-electron chi connectivity index (χ4n) is 0. The Morgan fingerprint density at radius 1 is 0.867 bits per heavy atom. The maximum absolute atomic E-state index is 4.56. The van der Waals surface area contributed by atoms with Crippen LogP contribution in [0.5, 0.6) is 0 Å². The van der Waals surface area contributed by atoms with Crippen molar-refractivity contribution in [2.75, 3.05) is 28.2 Å². The van der Waals surface area contributed by atoms with Gasteiger partial charge in [0.15, 0.2) is 0 Å². The van der Waals surface area contributed by atoms with Crippen molar-refractivity contribution in [1.29, 1.82) is 0 Å². The second-order valence-corrected chi connectivity index (χ2v) is 4.38. The molecule has 0 radical (unpaired) electrons. The van der Waals surface area contributed by atoms with E-state index in [1.54, 1.807) is 9.80 Å². The Bertz CT molecular complexity index is 153. The minimum absolute atomic E-state index is 0. The third-order valence-corrected chi connectivity index (χ3v) is 2.19. The van der Waals surface area contributed by atoms with Gasteiger partial charge in [-0.1, -0.05) is 8.64 Å². The van der Waals surface area contributed by atoms with Crippen LogP contribution in [0, 0.1) is 0 Å². The zero-order valence-corrected chi connectivity index (χ0v) is 17.4. The zero-order chi connectivity index (χ0) is 10.3. The van der Waals surface area contributed by atoms with E-state index >= 15 is 0 Å². The standard InChI is InChI=1S/2C3H7NS2.FH.HI.Zn/c2*1-4(2)3(5)6;;;/h2*1-2H3,(H,5,6);2*1H;/q;;;;+2/p-4. The van der Waals surface area contributed by atoms with Gasteiger partial charge in [-0.2, -0.15) is 0 Å². The summed E-state index contributed by atoms with van der Waals surface area (Å²) in [5, 5.41) is 0. The Morgan fingerprint density at radius 2 is 0.933 bits per heavy atom. The maximum Gasteiger partial charge on any atom is 2.00 e. The largest absolute Gasteiger partial charge is 2.00 e. The molecule has 0 atom stereocenters. The third-order valence-electron chi connectivity index (χ3n) is 0.730. The molecule has 0 aromatic carbocycles. The Hall–Kier alpha value is 1.50. The number of rotatable bonds is 0. The van der Waals surface area contributed by atoms with Gasteiger partial charge in [-0.05, 0) is 0 Å². The summed E-state index contributed by atoms with van der Waals surface area (Å²) in [4.78, 5) is 3.43. The minimum Gasteiger partial charge on any atom is -1.00 e. The summed E-state index contributed by atoms with van der Waals surface area (Å²) in [6.07, 6.45) is 0. The van der Waals surface area contributed by atoms with Crippen LogP contribution in [0.1, 0.15) is 0 Å². The average Bonchev–Trinajstić information content (AvgIpc) is 1.88. The van der Waals surface area contributed by atoms with Crippen molar-refractivity contribution in [2.24, 2.45) is 0 Å². The van der Waals surface area contributed by atoms with Crippen molar-refractivity contribution in [3.63, 3.8) is 0 Å². The third kappa shape index (κ3) is 31.3. The van der Waals surface area contributed by atoms with Gasteiger partial charge in [0.25, 0.3) is 0 Å². The zero-order valence-electron chi connectivity index (χ0n) is 8.99. The molecule has 0 amide bonds. The molecule has 0 saturated heterocycles. The van der Waals surface area contributed by atoms with Gasteiger partial charge in [0.05, 0.1) is 0 Å². The summed E-state index contributed by atoms with van der Waals surface area (Å²) >= 11 is 18.2. The quantitative estimate of drug-likeness (QED) is 0.156. The maximum atomic E-state index is 4.56. The molecule has 0 aromatic rings. The van der Waals surface area contributed by atoms with E-state index in [1.807, 2.05) is 28.2 Å². The SMILES string of the molecule is CN(C)C(=S)[S-].CN(C)C(=S)[S-].[F-].[I-].[Zn+2]. The van der Waals surface area contributed by atoms with Crippen LogP contribution in [0.4, 0.5) is 0 Å². The van der Waals surface area contributed by atoms with Gasteiger partial charge < -0.3 is 88.2 Å². The molecule has 0 bridgehead atoms. The van der Waals surface area contributed by atoms with E-state index < -0.39 is 0 Å². The second-order valence-electron chi connectivity index (χ2n) is 2.32. The Labute approximate surface area is 143 Å². The van der Waals surface area contributed by atoms with Crippen molar-refractivity contribution in [1.82, 2.24) is 9.80 Å². The summed E-state index contributed by atoms with van der Waals surface area (Å²) in [7, 11) is 7.31. The molecule has 0 rings (SSSR count). The summed E-state index contributed by atoms with van der Waals surface area (Å²) in [5.41, 5.74) is 0. The molecule has 0 aliphatic carbocycles. The van der Waals surface area contributed by atoms with Crippen LogP contribution in [-0.2, 0) is 44.7 Å². The van der Waals surface area contributed by atoms with Gasteiger partial charge in [0.1, 0.15) is 0 Å². The van der Waals surface area contributed by atoms with Crippen LogP contribution in [-0.4, -0.2) is 46.6 Å². The average molecular weight is 452 g/mol. The molecule has 0 N–H and O–H groups in total. The molecule has 9 heteroatoms. The van der Waals surface area contributed by atoms with E-state index in [1.165, 1.54) is 0 Å². The normalized spacial score (nSPS) is 6.13. The van der Waals surface area contributed by atoms with Crippen molar-refractivity contribution in [2.45, 2.75) is 0 Å². The van der Waals surface area contributed by atoms with Gasteiger partial charge in [0, 0.05) is 28.2 Å². The van der Waals surface area contributed by atoms with E-state index in [9.17, 15) is 0 Å². The van der Waals surface area contributed by atoms with Gasteiger partial charge >= 0.3 is 19.5 Å². The number of hydrogen-bond donors (Lipinski definition) is 0. The first kappa shape index (κ1) is 30.0. The molecule has 88 valence electrons. The van der Waals surface area contributed by atoms with Gasteiger partial charge in [-0.15, -0.1) is 0 Å². The van der Waals surface area contributed by atoms with Crippen LogP contribution < -0.4 is 28.7 Å². The van der Waals surface area contributed by atoms with Gasteiger partial charge in [-0.3, -0.25) is 0 Å². The van der Waals surface area contributed by atoms with E-state index in [-0.39, 0.29) is 48.2 Å². The molecule has 0 fully saturated rings. The van der Waals surface area contributed by atoms with E-state index in [0.717, 1.165) is 0 Å². The van der Waals surface area contributed by atoms with Crippen molar-refractivity contribution in [3.05, 3.63) is 0 Å². The van der Waals surface area contributed by atoms with E-state index in [4.69, 9.17) is 0 Å². The molecule has 0 aliphatic heterocycles. The molecule has 0 unspecified atom stereocenters. The first-order chi connectivity index (χ1) is 5.29. The van der Waals surface area contributed by atoms with Crippen LogP contribution in [0.2, 0.25) is 0 Å². The van der Waals surface area contributed by atoms with Crippen LogP contribution in [0.25, 0.3) is 0 Å². The van der Waals surface area contributed by atoms with E-state index in [2.05, 4.69) is 49.7 Å². The van der Waals surface area contributed by atoms with Crippen LogP contribution in [0.3, 0.4) is 0 Å². The van der Waals surface area contributed by atoms with Gasteiger partial charge in [0.2, 0.25) is 0 Å². The first-order valence-electron chi connectivity index (χ1n) is 3.05. The van der Waals surface area contributed by atoms with Crippen molar-refractivity contribution >= 4 is 58.3 Å². The molecule has 0 saturated carbocycles. The Morgan fingerprint density at radius 3 is 0.933 bits per heavy atom. The molecular formula is C6H12FIN2S4Zn-2. The summed E-state index contributed by atoms with van der Waals surface area (Å²) in [6.45, 7) is 0. The molecular weight excluding hydrogens is 440 g/mol. The molecule has 15 heavy (non-hydrogen) atoms. The van der Waals surface area contributed by atoms with Gasteiger partial charge in [-0.25, -0.2) is 0 Å². The molecule has 2 nitrogen and oxygen atoms in total. The number of thiocarbonyl (C=S) groups is 2. The minimum atomic E-state index is 0. The van der Waals surface area contributed by atoms with Crippen molar-refractivity contribution < 1.29 is 48.2 Å². The smallest absolute Gasteiger partial charge is 1.00 e. The molecule has 0 heterocycles.